The smallest absolute Gasteiger partial charge is 0.238 e. The summed E-state index contributed by atoms with van der Waals surface area (Å²) >= 11 is 0. The Kier molecular flexibility index (Phi) is 3.20. The number of benzene rings is 1. The van der Waals surface area contributed by atoms with Crippen molar-refractivity contribution in [3.05, 3.63) is 23.8 Å². The molecule has 4 nitrogen and oxygen atoms in total. The molecule has 0 saturated carbocycles. The second kappa shape index (κ2) is 4.39. The standard InChI is InChI=1S/C9H8FNO3/c1-14-8-4-6(13)2-3-7(8)9(10)11-5-12/h2-4,9,13H,1H3. The van der Waals surface area contributed by atoms with Crippen molar-refractivity contribution in [2.75, 3.05) is 7.11 Å². The summed E-state index contributed by atoms with van der Waals surface area (Å²) in [4.78, 5) is 12.7. The van der Waals surface area contributed by atoms with Crippen LogP contribution in [0.25, 0.3) is 0 Å². The van der Waals surface area contributed by atoms with E-state index in [1.165, 1.54) is 25.3 Å². The molecular formula is C9H8FNO3. The third-order valence-electron chi connectivity index (χ3n) is 1.64. The maximum atomic E-state index is 13.1. The third kappa shape index (κ3) is 2.08. The molecule has 0 aromatic heterocycles. The fourth-order valence-electron chi connectivity index (χ4n) is 1.01. The number of nitrogens with zero attached hydrogens (tertiary/aromatic N) is 1. The maximum Gasteiger partial charge on any atom is 0.238 e. The van der Waals surface area contributed by atoms with Crippen LogP contribution in [0.5, 0.6) is 11.5 Å². The van der Waals surface area contributed by atoms with Crippen molar-refractivity contribution >= 4 is 6.08 Å². The van der Waals surface area contributed by atoms with Crippen molar-refractivity contribution in [1.29, 1.82) is 0 Å². The molecule has 0 radical (unpaired) electrons. The number of hydrogen-bond donors (Lipinski definition) is 1. The van der Waals surface area contributed by atoms with Crippen LogP contribution < -0.4 is 4.74 Å². The number of phenols is 1. The molecule has 1 atom stereocenters. The number of isocyanates is 1. The number of ether oxygens (including phenoxy) is 1. The molecule has 0 aliphatic carbocycles. The number of alkyl halides is 1. The quantitative estimate of drug-likeness (QED) is 0.455. The van der Waals surface area contributed by atoms with E-state index < -0.39 is 6.30 Å². The number of aromatic hydroxyl groups is 1. The summed E-state index contributed by atoms with van der Waals surface area (Å²) in [7, 11) is 1.33. The lowest BCUT2D eigenvalue weighted by Crippen LogP contribution is -1.93. The zero-order valence-electron chi connectivity index (χ0n) is 7.40. The monoisotopic (exact) mass is 197 g/mol. The molecule has 0 aliphatic heterocycles. The molecule has 1 N–H and O–H groups in total. The minimum absolute atomic E-state index is 0.0483. The summed E-state index contributed by atoms with van der Waals surface area (Å²) in [6.45, 7) is 0. The van der Waals surface area contributed by atoms with Gasteiger partial charge < -0.3 is 9.84 Å². The van der Waals surface area contributed by atoms with E-state index in [0.717, 1.165) is 6.08 Å². The summed E-state index contributed by atoms with van der Waals surface area (Å²) in [6.07, 6.45) is -0.703. The predicted octanol–water partition coefficient (Wildman–Crippen LogP) is 1.70. The Labute approximate surface area is 79.7 Å². The summed E-state index contributed by atoms with van der Waals surface area (Å²) in [5, 5.41) is 9.07. The van der Waals surface area contributed by atoms with Crippen molar-refractivity contribution in [3.8, 4) is 11.5 Å². The SMILES string of the molecule is COc1cc(O)ccc1C(F)N=C=O. The van der Waals surface area contributed by atoms with Crippen LogP contribution in [0.1, 0.15) is 11.9 Å². The number of rotatable bonds is 3. The first-order valence-electron chi connectivity index (χ1n) is 3.77. The van der Waals surface area contributed by atoms with Crippen LogP contribution in [0, 0.1) is 0 Å². The lowest BCUT2D eigenvalue weighted by Gasteiger charge is -2.08. The summed E-state index contributed by atoms with van der Waals surface area (Å²) < 4.78 is 17.9. The van der Waals surface area contributed by atoms with E-state index >= 15 is 0 Å². The molecule has 14 heavy (non-hydrogen) atoms. The molecule has 1 aromatic rings. The van der Waals surface area contributed by atoms with Gasteiger partial charge >= 0.3 is 0 Å². The van der Waals surface area contributed by atoms with Gasteiger partial charge in [0.2, 0.25) is 12.4 Å². The van der Waals surface area contributed by atoms with Crippen molar-refractivity contribution in [3.63, 3.8) is 0 Å². The highest BCUT2D eigenvalue weighted by atomic mass is 19.1. The Morgan fingerprint density at radius 1 is 1.64 bits per heavy atom. The van der Waals surface area contributed by atoms with Crippen molar-refractivity contribution in [2.45, 2.75) is 6.30 Å². The van der Waals surface area contributed by atoms with Gasteiger partial charge in [-0.25, -0.2) is 9.18 Å². The lowest BCUT2D eigenvalue weighted by molar-refractivity contribution is 0.332. The average Bonchev–Trinajstić information content (AvgIpc) is 2.17. The molecule has 0 amide bonds. The number of hydrogen-bond acceptors (Lipinski definition) is 4. The van der Waals surface area contributed by atoms with E-state index in [4.69, 9.17) is 9.84 Å². The fraction of sp³-hybridized carbons (Fsp3) is 0.222. The molecule has 0 fully saturated rings. The predicted molar refractivity (Wildman–Crippen MR) is 46.6 cm³/mol. The van der Waals surface area contributed by atoms with Gasteiger partial charge in [-0.05, 0) is 12.1 Å². The Hall–Kier alpha value is -1.87. The normalized spacial score (nSPS) is 11.6. The first-order valence-corrected chi connectivity index (χ1v) is 3.77. The second-order valence-electron chi connectivity index (χ2n) is 2.48. The first kappa shape index (κ1) is 10.2. The number of methoxy groups -OCH3 is 1. The van der Waals surface area contributed by atoms with Crippen LogP contribution in [-0.4, -0.2) is 18.3 Å². The first-order chi connectivity index (χ1) is 6.69. The molecule has 0 bridgehead atoms. The Morgan fingerprint density at radius 3 is 2.93 bits per heavy atom. The van der Waals surface area contributed by atoms with Gasteiger partial charge in [-0.15, -0.1) is 0 Å². The van der Waals surface area contributed by atoms with E-state index in [1.807, 2.05) is 0 Å². The van der Waals surface area contributed by atoms with E-state index in [-0.39, 0.29) is 17.1 Å². The number of phenolic OH excluding ortho intramolecular Hbond substituents is 1. The Balaban J connectivity index is 3.13. The Bertz CT molecular complexity index is 374. The van der Waals surface area contributed by atoms with Gasteiger partial charge in [0.15, 0.2) is 0 Å². The van der Waals surface area contributed by atoms with Crippen LogP contribution in [0.3, 0.4) is 0 Å². The van der Waals surface area contributed by atoms with E-state index in [9.17, 15) is 9.18 Å². The van der Waals surface area contributed by atoms with Gasteiger partial charge in [0.25, 0.3) is 0 Å². The molecule has 0 spiro atoms. The van der Waals surface area contributed by atoms with Crippen LogP contribution in [0.15, 0.2) is 23.2 Å². The van der Waals surface area contributed by atoms with Gasteiger partial charge in [-0.3, -0.25) is 0 Å². The highest BCUT2D eigenvalue weighted by Crippen LogP contribution is 2.31. The third-order valence-corrected chi connectivity index (χ3v) is 1.64. The highest BCUT2D eigenvalue weighted by Gasteiger charge is 2.14. The summed E-state index contributed by atoms with van der Waals surface area (Å²) in [5.41, 5.74) is 0.0775. The van der Waals surface area contributed by atoms with Gasteiger partial charge in [0.05, 0.1) is 12.7 Å². The van der Waals surface area contributed by atoms with E-state index in [1.54, 1.807) is 0 Å². The van der Waals surface area contributed by atoms with Crippen molar-refractivity contribution in [2.24, 2.45) is 4.99 Å². The zero-order chi connectivity index (χ0) is 10.6. The topological polar surface area (TPSA) is 58.9 Å². The fourth-order valence-corrected chi connectivity index (χ4v) is 1.01. The molecule has 0 heterocycles. The minimum atomic E-state index is -1.82. The molecule has 1 rings (SSSR count). The van der Waals surface area contributed by atoms with Gasteiger partial charge in [0.1, 0.15) is 11.5 Å². The summed E-state index contributed by atoms with van der Waals surface area (Å²) in [5.74, 6) is 0.0874. The van der Waals surface area contributed by atoms with E-state index in [2.05, 4.69) is 4.99 Å². The molecular weight excluding hydrogens is 189 g/mol. The lowest BCUT2D eigenvalue weighted by atomic mass is 10.2. The van der Waals surface area contributed by atoms with Crippen molar-refractivity contribution in [1.82, 2.24) is 0 Å². The number of carbonyl (C=O) groups excluding carboxylic acids is 1. The van der Waals surface area contributed by atoms with Crippen LogP contribution in [0.2, 0.25) is 0 Å². The minimum Gasteiger partial charge on any atom is -0.508 e. The molecule has 0 aliphatic rings. The van der Waals surface area contributed by atoms with Crippen LogP contribution in [-0.2, 0) is 4.79 Å². The number of halogens is 1. The molecule has 1 unspecified atom stereocenters. The largest absolute Gasteiger partial charge is 0.508 e. The molecule has 0 saturated heterocycles. The molecule has 5 heteroatoms. The molecule has 74 valence electrons. The Morgan fingerprint density at radius 2 is 2.36 bits per heavy atom. The summed E-state index contributed by atoms with van der Waals surface area (Å²) in [6, 6.07) is 3.81. The molecule has 1 aromatic carbocycles. The second-order valence-corrected chi connectivity index (χ2v) is 2.48. The van der Waals surface area contributed by atoms with Crippen molar-refractivity contribution < 1.29 is 19.0 Å². The van der Waals surface area contributed by atoms with Crippen LogP contribution in [0.4, 0.5) is 4.39 Å². The van der Waals surface area contributed by atoms with Gasteiger partial charge in [-0.2, -0.15) is 4.99 Å². The highest BCUT2D eigenvalue weighted by molar-refractivity contribution is 5.43. The van der Waals surface area contributed by atoms with Gasteiger partial charge in [0, 0.05) is 6.07 Å². The van der Waals surface area contributed by atoms with Crippen LogP contribution >= 0.6 is 0 Å². The number of aliphatic imine (C=N–C) groups is 1. The zero-order valence-corrected chi connectivity index (χ0v) is 7.40. The van der Waals surface area contributed by atoms with E-state index in [0.29, 0.717) is 0 Å². The van der Waals surface area contributed by atoms with Gasteiger partial charge in [-0.1, -0.05) is 0 Å². The average molecular weight is 197 g/mol. The maximum absolute atomic E-state index is 13.1.